The fourth-order valence-corrected chi connectivity index (χ4v) is 3.61. The fraction of sp³-hybridized carbons (Fsp3) is 0.391. The van der Waals surface area contributed by atoms with Crippen molar-refractivity contribution in [3.8, 4) is 5.75 Å². The second-order valence-corrected chi connectivity index (χ2v) is 7.46. The lowest BCUT2D eigenvalue weighted by atomic mass is 10.1. The number of carbonyl (C=O) groups excluding carboxylic acids is 1. The summed E-state index contributed by atoms with van der Waals surface area (Å²) in [4.78, 5) is 12.8. The first-order valence-corrected chi connectivity index (χ1v) is 10.4. The lowest BCUT2D eigenvalue weighted by Crippen LogP contribution is -2.32. The molecule has 1 aliphatic carbocycles. The van der Waals surface area contributed by atoms with E-state index < -0.39 is 29.2 Å². The standard InChI is InChI=1S/C23H27F2N3O3/c1-2-30-21(23(29)28-13-14-7-9-15(10-8-14)22(26)27)19-17(24)11-12-18(20(19)25)31-16-5-3-4-6-16/h7-12,16,21H,2-6,13H2,1H3,(H3,26,27)(H,28,29). The Balaban J connectivity index is 1.76. The Bertz CT molecular complexity index is 928. The number of hydrogen-bond donors (Lipinski definition) is 3. The number of nitrogens with one attached hydrogen (secondary N) is 2. The van der Waals surface area contributed by atoms with Crippen LogP contribution >= 0.6 is 0 Å². The van der Waals surface area contributed by atoms with Crippen LogP contribution in [0.25, 0.3) is 0 Å². The molecule has 0 radical (unpaired) electrons. The summed E-state index contributed by atoms with van der Waals surface area (Å²) in [7, 11) is 0. The van der Waals surface area contributed by atoms with Crippen LogP contribution in [0.3, 0.4) is 0 Å². The van der Waals surface area contributed by atoms with Crippen molar-refractivity contribution < 1.29 is 23.0 Å². The van der Waals surface area contributed by atoms with E-state index in [-0.39, 0.29) is 30.8 Å². The van der Waals surface area contributed by atoms with E-state index in [1.165, 1.54) is 6.07 Å². The van der Waals surface area contributed by atoms with Gasteiger partial charge in [-0.15, -0.1) is 0 Å². The highest BCUT2D eigenvalue weighted by atomic mass is 19.1. The SMILES string of the molecule is CCOC(C(=O)NCc1ccc(C(=N)N)cc1)c1c(F)ccc(OC2CCCC2)c1F. The predicted octanol–water partition coefficient (Wildman–Crippen LogP) is 3.96. The Kier molecular flexibility index (Phi) is 7.57. The van der Waals surface area contributed by atoms with Gasteiger partial charge in [0.05, 0.1) is 11.7 Å². The lowest BCUT2D eigenvalue weighted by molar-refractivity contribution is -0.133. The van der Waals surface area contributed by atoms with Gasteiger partial charge in [0.25, 0.3) is 5.91 Å². The van der Waals surface area contributed by atoms with Crippen molar-refractivity contribution in [3.05, 3.63) is 64.7 Å². The largest absolute Gasteiger partial charge is 0.487 e. The molecule has 3 rings (SSSR count). The molecule has 1 aliphatic rings. The summed E-state index contributed by atoms with van der Waals surface area (Å²) in [5.41, 5.74) is 6.28. The molecule has 6 nitrogen and oxygen atoms in total. The monoisotopic (exact) mass is 431 g/mol. The topological polar surface area (TPSA) is 97.4 Å². The van der Waals surface area contributed by atoms with Gasteiger partial charge in [-0.3, -0.25) is 10.2 Å². The van der Waals surface area contributed by atoms with Crippen LogP contribution in [0.1, 0.15) is 55.4 Å². The van der Waals surface area contributed by atoms with Crippen molar-refractivity contribution in [2.24, 2.45) is 5.73 Å². The molecular formula is C23H27F2N3O3. The van der Waals surface area contributed by atoms with Gasteiger partial charge in [-0.2, -0.15) is 0 Å². The highest BCUT2D eigenvalue weighted by molar-refractivity contribution is 5.94. The van der Waals surface area contributed by atoms with Crippen LogP contribution in [0.4, 0.5) is 8.78 Å². The van der Waals surface area contributed by atoms with Crippen molar-refractivity contribution >= 4 is 11.7 Å². The molecule has 2 aromatic carbocycles. The van der Waals surface area contributed by atoms with E-state index in [1.807, 2.05) is 0 Å². The quantitative estimate of drug-likeness (QED) is 0.413. The van der Waals surface area contributed by atoms with Crippen molar-refractivity contribution in [2.45, 2.75) is 51.4 Å². The summed E-state index contributed by atoms with van der Waals surface area (Å²) in [5.74, 6) is -2.56. The first kappa shape index (κ1) is 22.7. The maximum atomic E-state index is 15.1. The second-order valence-electron chi connectivity index (χ2n) is 7.46. The van der Waals surface area contributed by atoms with Gasteiger partial charge >= 0.3 is 0 Å². The van der Waals surface area contributed by atoms with Crippen LogP contribution in [-0.2, 0) is 16.1 Å². The molecule has 8 heteroatoms. The Hall–Kier alpha value is -3.00. The molecule has 0 bridgehead atoms. The average molecular weight is 431 g/mol. The fourth-order valence-electron chi connectivity index (χ4n) is 3.61. The minimum absolute atomic E-state index is 0.0577. The van der Waals surface area contributed by atoms with Crippen molar-refractivity contribution in [1.29, 1.82) is 5.41 Å². The van der Waals surface area contributed by atoms with Crippen LogP contribution in [0, 0.1) is 17.0 Å². The number of amidine groups is 1. The van der Waals surface area contributed by atoms with E-state index >= 15 is 4.39 Å². The van der Waals surface area contributed by atoms with Gasteiger partial charge in [0, 0.05) is 18.7 Å². The third-order valence-electron chi connectivity index (χ3n) is 5.25. The number of carbonyl (C=O) groups is 1. The normalized spacial score (nSPS) is 14.9. The Morgan fingerprint density at radius 3 is 2.48 bits per heavy atom. The van der Waals surface area contributed by atoms with Gasteiger partial charge < -0.3 is 20.5 Å². The zero-order valence-electron chi connectivity index (χ0n) is 17.4. The van der Waals surface area contributed by atoms with Gasteiger partial charge in [-0.1, -0.05) is 24.3 Å². The lowest BCUT2D eigenvalue weighted by Gasteiger charge is -2.21. The molecule has 1 amide bonds. The molecule has 1 unspecified atom stereocenters. The van der Waals surface area contributed by atoms with Crippen LogP contribution in [0.15, 0.2) is 36.4 Å². The number of ether oxygens (including phenoxy) is 2. The first-order chi connectivity index (χ1) is 14.9. The maximum absolute atomic E-state index is 15.1. The number of nitrogen functional groups attached to an aromatic ring is 1. The number of hydrogen-bond acceptors (Lipinski definition) is 4. The zero-order chi connectivity index (χ0) is 22.4. The smallest absolute Gasteiger partial charge is 0.254 e. The minimum atomic E-state index is -1.45. The molecule has 0 heterocycles. The van der Waals surface area contributed by atoms with Gasteiger partial charge in [0.2, 0.25) is 0 Å². The predicted molar refractivity (Wildman–Crippen MR) is 113 cm³/mol. The molecule has 1 fully saturated rings. The Morgan fingerprint density at radius 1 is 1.19 bits per heavy atom. The number of nitrogens with two attached hydrogens (primary N) is 1. The van der Waals surface area contributed by atoms with E-state index in [9.17, 15) is 9.18 Å². The molecule has 1 saturated carbocycles. The number of halogens is 2. The highest BCUT2D eigenvalue weighted by Gasteiger charge is 2.30. The second kappa shape index (κ2) is 10.3. The summed E-state index contributed by atoms with van der Waals surface area (Å²) in [6.45, 7) is 1.87. The first-order valence-electron chi connectivity index (χ1n) is 10.4. The summed E-state index contributed by atoms with van der Waals surface area (Å²) in [6.07, 6.45) is 2.11. The molecule has 0 aromatic heterocycles. The van der Waals surface area contributed by atoms with Gasteiger partial charge in [0.1, 0.15) is 11.7 Å². The number of rotatable bonds is 9. The maximum Gasteiger partial charge on any atom is 0.254 e. The van der Waals surface area contributed by atoms with Crippen LogP contribution in [0.2, 0.25) is 0 Å². The molecule has 4 N–H and O–H groups in total. The molecular weight excluding hydrogens is 404 g/mol. The molecule has 0 spiro atoms. The third-order valence-corrected chi connectivity index (χ3v) is 5.25. The van der Waals surface area contributed by atoms with Crippen molar-refractivity contribution in [1.82, 2.24) is 5.32 Å². The Labute approximate surface area is 180 Å². The van der Waals surface area contributed by atoms with Gasteiger partial charge in [0.15, 0.2) is 17.7 Å². The van der Waals surface area contributed by atoms with E-state index in [4.69, 9.17) is 20.6 Å². The van der Waals surface area contributed by atoms with E-state index in [0.717, 1.165) is 37.3 Å². The van der Waals surface area contributed by atoms with E-state index in [2.05, 4.69) is 5.32 Å². The molecule has 1 atom stereocenters. The van der Waals surface area contributed by atoms with Crippen molar-refractivity contribution in [3.63, 3.8) is 0 Å². The summed E-state index contributed by atoms with van der Waals surface area (Å²) < 4.78 is 40.9. The summed E-state index contributed by atoms with van der Waals surface area (Å²) in [5, 5.41) is 10.1. The zero-order valence-corrected chi connectivity index (χ0v) is 17.4. The Morgan fingerprint density at radius 2 is 1.87 bits per heavy atom. The average Bonchev–Trinajstić information content (AvgIpc) is 3.27. The minimum Gasteiger partial charge on any atom is -0.487 e. The molecule has 31 heavy (non-hydrogen) atoms. The third kappa shape index (κ3) is 5.58. The number of benzene rings is 2. The van der Waals surface area contributed by atoms with Crippen LogP contribution < -0.4 is 15.8 Å². The molecule has 0 saturated heterocycles. The number of amides is 1. The van der Waals surface area contributed by atoms with Gasteiger partial charge in [-0.05, 0) is 50.3 Å². The van der Waals surface area contributed by atoms with E-state index in [0.29, 0.717) is 5.56 Å². The molecule has 166 valence electrons. The summed E-state index contributed by atoms with van der Waals surface area (Å²) in [6, 6.07) is 9.10. The summed E-state index contributed by atoms with van der Waals surface area (Å²) >= 11 is 0. The molecule has 2 aromatic rings. The highest BCUT2D eigenvalue weighted by Crippen LogP contribution is 2.33. The molecule has 0 aliphatic heterocycles. The van der Waals surface area contributed by atoms with Crippen molar-refractivity contribution in [2.75, 3.05) is 6.61 Å². The van der Waals surface area contributed by atoms with Crippen LogP contribution in [0.5, 0.6) is 5.75 Å². The van der Waals surface area contributed by atoms with E-state index in [1.54, 1.807) is 31.2 Å². The van der Waals surface area contributed by atoms with Crippen LogP contribution in [-0.4, -0.2) is 24.5 Å². The van der Waals surface area contributed by atoms with Gasteiger partial charge in [-0.25, -0.2) is 8.78 Å².